The van der Waals surface area contributed by atoms with Crippen molar-refractivity contribution in [1.82, 2.24) is 15.0 Å². The molecule has 1 aromatic carbocycles. The molecule has 0 saturated carbocycles. The van der Waals surface area contributed by atoms with Crippen LogP contribution in [0.3, 0.4) is 0 Å². The molecule has 0 bridgehead atoms. The molecule has 1 aliphatic rings. The number of benzene rings is 1. The van der Waals surface area contributed by atoms with Gasteiger partial charge in [0, 0.05) is 42.0 Å². The molecule has 8 nitrogen and oxygen atoms in total. The zero-order chi connectivity index (χ0) is 22.4. The van der Waals surface area contributed by atoms with Gasteiger partial charge in [-0.1, -0.05) is 20.8 Å². The molecule has 9 heteroatoms. The molecule has 1 fully saturated rings. The molecule has 1 N–H and O–H groups in total. The minimum atomic E-state index is -2.98. The van der Waals surface area contributed by atoms with Crippen LogP contribution in [0, 0.1) is 5.41 Å². The molecule has 0 radical (unpaired) electrons. The molecule has 0 spiro atoms. The van der Waals surface area contributed by atoms with Gasteiger partial charge in [0.25, 0.3) is 0 Å². The van der Waals surface area contributed by atoms with Gasteiger partial charge in [-0.05, 0) is 12.1 Å². The first-order valence-corrected chi connectivity index (χ1v) is 11.9. The van der Waals surface area contributed by atoms with Crippen LogP contribution in [-0.4, -0.2) is 60.9 Å². The van der Waals surface area contributed by atoms with Crippen LogP contribution in [0.15, 0.2) is 30.6 Å². The lowest BCUT2D eigenvalue weighted by Crippen LogP contribution is -2.40. The second-order valence-corrected chi connectivity index (χ2v) is 11.1. The standard InChI is InChI=1S/C22H26N4O4S/c1-22(2,3)20(27)17-12-23-21-19(17)25-18(13-24-21)14-9-15(11-16(10-14)30-4)26-5-7-31(28,29)8-6-26/h9-13H,5-8H2,1-4H3,(H,23,24). The lowest BCUT2D eigenvalue weighted by atomic mass is 9.87. The summed E-state index contributed by atoms with van der Waals surface area (Å²) >= 11 is 0. The fourth-order valence-electron chi connectivity index (χ4n) is 3.61. The molecule has 0 atom stereocenters. The number of aromatic nitrogens is 3. The highest BCUT2D eigenvalue weighted by molar-refractivity contribution is 7.91. The van der Waals surface area contributed by atoms with E-state index in [-0.39, 0.29) is 17.3 Å². The molecule has 3 heterocycles. The molecule has 0 amide bonds. The zero-order valence-corrected chi connectivity index (χ0v) is 18.9. The molecule has 0 unspecified atom stereocenters. The summed E-state index contributed by atoms with van der Waals surface area (Å²) in [5.41, 5.74) is 3.33. The third-order valence-corrected chi connectivity index (χ3v) is 7.05. The van der Waals surface area contributed by atoms with Crippen molar-refractivity contribution in [3.05, 3.63) is 36.2 Å². The average molecular weight is 443 g/mol. The highest BCUT2D eigenvalue weighted by Gasteiger charge is 2.27. The van der Waals surface area contributed by atoms with Crippen LogP contribution >= 0.6 is 0 Å². The Morgan fingerprint density at radius 3 is 2.52 bits per heavy atom. The fraction of sp³-hybridized carbons (Fsp3) is 0.409. The first-order valence-electron chi connectivity index (χ1n) is 10.1. The van der Waals surface area contributed by atoms with E-state index >= 15 is 0 Å². The van der Waals surface area contributed by atoms with E-state index in [1.165, 1.54) is 0 Å². The number of carbonyl (C=O) groups is 1. The number of aromatic amines is 1. The second-order valence-electron chi connectivity index (χ2n) is 8.79. The summed E-state index contributed by atoms with van der Waals surface area (Å²) in [5, 5.41) is 0. The number of ether oxygens (including phenoxy) is 1. The first-order chi connectivity index (χ1) is 14.6. The van der Waals surface area contributed by atoms with Gasteiger partial charge < -0.3 is 14.6 Å². The Balaban J connectivity index is 1.76. The summed E-state index contributed by atoms with van der Waals surface area (Å²) in [6, 6.07) is 5.70. The van der Waals surface area contributed by atoms with Gasteiger partial charge in [0.15, 0.2) is 21.3 Å². The molecule has 3 aromatic rings. The monoisotopic (exact) mass is 442 g/mol. The highest BCUT2D eigenvalue weighted by Crippen LogP contribution is 2.32. The van der Waals surface area contributed by atoms with Crippen LogP contribution in [0.2, 0.25) is 0 Å². The highest BCUT2D eigenvalue weighted by atomic mass is 32.2. The lowest BCUT2D eigenvalue weighted by Gasteiger charge is -2.29. The summed E-state index contributed by atoms with van der Waals surface area (Å²) in [6.07, 6.45) is 3.32. The maximum atomic E-state index is 12.8. The Morgan fingerprint density at radius 1 is 1.16 bits per heavy atom. The number of Topliss-reactive ketones (excluding diaryl/α,β-unsaturated/α-hetero) is 1. The number of nitrogens with zero attached hydrogens (tertiary/aromatic N) is 3. The predicted octanol–water partition coefficient (Wildman–Crippen LogP) is 3.10. The quantitative estimate of drug-likeness (QED) is 0.619. The van der Waals surface area contributed by atoms with Gasteiger partial charge in [0.05, 0.1) is 36.1 Å². The summed E-state index contributed by atoms with van der Waals surface area (Å²) in [5.74, 6) is 0.897. The van der Waals surface area contributed by atoms with Gasteiger partial charge in [-0.25, -0.2) is 18.4 Å². The van der Waals surface area contributed by atoms with Crippen molar-refractivity contribution in [2.24, 2.45) is 5.41 Å². The van der Waals surface area contributed by atoms with Crippen LogP contribution in [0.25, 0.3) is 22.4 Å². The summed E-state index contributed by atoms with van der Waals surface area (Å²) in [7, 11) is -1.39. The van der Waals surface area contributed by atoms with Gasteiger partial charge in [0.2, 0.25) is 0 Å². The molecule has 1 saturated heterocycles. The van der Waals surface area contributed by atoms with Crippen molar-refractivity contribution in [3.8, 4) is 17.0 Å². The van der Waals surface area contributed by atoms with Crippen molar-refractivity contribution in [2.45, 2.75) is 20.8 Å². The van der Waals surface area contributed by atoms with Gasteiger partial charge in [-0.2, -0.15) is 0 Å². The Kier molecular flexibility index (Phi) is 5.25. The summed E-state index contributed by atoms with van der Waals surface area (Å²) < 4.78 is 29.1. The van der Waals surface area contributed by atoms with Gasteiger partial charge in [-0.15, -0.1) is 0 Å². The maximum Gasteiger partial charge on any atom is 0.171 e. The smallest absolute Gasteiger partial charge is 0.171 e. The number of nitrogens with one attached hydrogen (secondary N) is 1. The second kappa shape index (κ2) is 7.64. The van der Waals surface area contributed by atoms with E-state index in [4.69, 9.17) is 9.72 Å². The summed E-state index contributed by atoms with van der Waals surface area (Å²) in [4.78, 5) is 27.1. The van der Waals surface area contributed by atoms with E-state index in [0.717, 1.165) is 11.3 Å². The van der Waals surface area contributed by atoms with E-state index < -0.39 is 15.3 Å². The number of fused-ring (bicyclic) bond motifs is 1. The van der Waals surface area contributed by atoms with Gasteiger partial charge >= 0.3 is 0 Å². The average Bonchev–Trinajstić information content (AvgIpc) is 3.15. The number of ketones is 1. The molecule has 1 aliphatic heterocycles. The predicted molar refractivity (Wildman–Crippen MR) is 121 cm³/mol. The number of carbonyl (C=O) groups excluding carboxylic acids is 1. The Morgan fingerprint density at radius 2 is 1.87 bits per heavy atom. The van der Waals surface area contributed by atoms with Crippen molar-refractivity contribution in [2.75, 3.05) is 36.6 Å². The minimum Gasteiger partial charge on any atom is -0.497 e. The molecule has 0 aliphatic carbocycles. The van der Waals surface area contributed by atoms with Crippen molar-refractivity contribution >= 4 is 32.5 Å². The summed E-state index contributed by atoms with van der Waals surface area (Å²) in [6.45, 7) is 6.49. The minimum absolute atomic E-state index is 0.00828. The normalized spacial score (nSPS) is 16.5. The number of hydrogen-bond donors (Lipinski definition) is 1. The molecule has 31 heavy (non-hydrogen) atoms. The number of H-pyrrole nitrogens is 1. The number of methoxy groups -OCH3 is 1. The Bertz CT molecular complexity index is 1240. The van der Waals surface area contributed by atoms with E-state index in [9.17, 15) is 13.2 Å². The van der Waals surface area contributed by atoms with Crippen LogP contribution in [0.4, 0.5) is 5.69 Å². The maximum absolute atomic E-state index is 12.8. The fourth-order valence-corrected chi connectivity index (χ4v) is 4.81. The number of hydrogen-bond acceptors (Lipinski definition) is 7. The number of anilines is 1. The largest absolute Gasteiger partial charge is 0.497 e. The van der Waals surface area contributed by atoms with Crippen LogP contribution in [-0.2, 0) is 9.84 Å². The lowest BCUT2D eigenvalue weighted by molar-refractivity contribution is 0.0860. The first kappa shape index (κ1) is 21.3. The van der Waals surface area contributed by atoms with Crippen LogP contribution in [0.5, 0.6) is 5.75 Å². The Hall–Kier alpha value is -2.94. The SMILES string of the molecule is COc1cc(-c2cnc3[nH]cc(C(=O)C(C)(C)C)c3n2)cc(N2CCS(=O)(=O)CC2)c1. The molecule has 164 valence electrons. The third-order valence-electron chi connectivity index (χ3n) is 5.44. The molecular weight excluding hydrogens is 416 g/mol. The Labute approximate surface area is 181 Å². The molecule has 4 rings (SSSR count). The van der Waals surface area contributed by atoms with E-state index in [1.807, 2.05) is 43.9 Å². The van der Waals surface area contributed by atoms with Crippen molar-refractivity contribution < 1.29 is 17.9 Å². The molecule has 2 aromatic heterocycles. The topological polar surface area (TPSA) is 105 Å². The van der Waals surface area contributed by atoms with Crippen molar-refractivity contribution in [1.29, 1.82) is 0 Å². The van der Waals surface area contributed by atoms with E-state index in [2.05, 4.69) is 9.97 Å². The van der Waals surface area contributed by atoms with Gasteiger partial charge in [0.1, 0.15) is 11.3 Å². The van der Waals surface area contributed by atoms with E-state index in [0.29, 0.717) is 41.3 Å². The van der Waals surface area contributed by atoms with E-state index in [1.54, 1.807) is 19.5 Å². The van der Waals surface area contributed by atoms with Crippen molar-refractivity contribution in [3.63, 3.8) is 0 Å². The third kappa shape index (κ3) is 4.27. The number of rotatable bonds is 4. The number of sulfone groups is 1. The van der Waals surface area contributed by atoms with Gasteiger partial charge in [-0.3, -0.25) is 4.79 Å². The van der Waals surface area contributed by atoms with Crippen LogP contribution in [0.1, 0.15) is 31.1 Å². The zero-order valence-electron chi connectivity index (χ0n) is 18.1. The van der Waals surface area contributed by atoms with Crippen LogP contribution < -0.4 is 9.64 Å². The molecular formula is C22H26N4O4S.